The van der Waals surface area contributed by atoms with Crippen LogP contribution in [0.3, 0.4) is 0 Å². The third-order valence-electron chi connectivity index (χ3n) is 5.67. The van der Waals surface area contributed by atoms with Crippen LogP contribution in [0.2, 0.25) is 0 Å². The van der Waals surface area contributed by atoms with Crippen molar-refractivity contribution in [1.82, 2.24) is 10.3 Å². The standard InChI is InChI=1S/C29H40N2O9/c1-7-16-36-22(8-2)26(40-21-12-10-9-11-13-21)20(5)39-24(32)17-31-28(33)25-27(23(35-6)14-15-30-25)37-18-38-29(34)19(3)4/h9-15,19-20,22,26H,7-8,16-18H2,1-6H3,(H,31,33)/t20-,22-,26-/m0/s1. The number of aromatic nitrogens is 1. The molecule has 0 aliphatic carbocycles. The van der Waals surface area contributed by atoms with Crippen molar-refractivity contribution >= 4 is 17.8 Å². The van der Waals surface area contributed by atoms with E-state index in [0.717, 1.165) is 6.42 Å². The molecule has 0 saturated heterocycles. The van der Waals surface area contributed by atoms with Gasteiger partial charge in [0.05, 0.1) is 19.1 Å². The highest BCUT2D eigenvalue weighted by Gasteiger charge is 2.31. The molecule has 2 rings (SSSR count). The van der Waals surface area contributed by atoms with Gasteiger partial charge in [0.15, 0.2) is 23.3 Å². The lowest BCUT2D eigenvalue weighted by Crippen LogP contribution is -2.45. The first kappa shape index (κ1) is 32.4. The van der Waals surface area contributed by atoms with Crippen molar-refractivity contribution in [1.29, 1.82) is 0 Å². The van der Waals surface area contributed by atoms with E-state index in [0.29, 0.717) is 18.8 Å². The summed E-state index contributed by atoms with van der Waals surface area (Å²) in [6.45, 7) is 8.73. The fourth-order valence-electron chi connectivity index (χ4n) is 3.60. The van der Waals surface area contributed by atoms with Crippen LogP contribution in [0.5, 0.6) is 17.2 Å². The summed E-state index contributed by atoms with van der Waals surface area (Å²) < 4.78 is 33.5. The molecule has 0 bridgehead atoms. The minimum Gasteiger partial charge on any atom is -0.493 e. The van der Waals surface area contributed by atoms with Gasteiger partial charge in [-0.2, -0.15) is 0 Å². The molecular formula is C29H40N2O9. The van der Waals surface area contributed by atoms with Crippen LogP contribution in [0, 0.1) is 5.92 Å². The van der Waals surface area contributed by atoms with Gasteiger partial charge >= 0.3 is 11.9 Å². The molecule has 220 valence electrons. The second kappa shape index (κ2) is 17.0. The molecule has 1 aromatic carbocycles. The average Bonchev–Trinajstić information content (AvgIpc) is 2.95. The highest BCUT2D eigenvalue weighted by molar-refractivity contribution is 5.97. The van der Waals surface area contributed by atoms with Crippen molar-refractivity contribution in [3.63, 3.8) is 0 Å². The number of carbonyl (C=O) groups is 3. The van der Waals surface area contributed by atoms with Crippen molar-refractivity contribution in [2.24, 2.45) is 5.92 Å². The normalized spacial score (nSPS) is 13.1. The van der Waals surface area contributed by atoms with Crippen molar-refractivity contribution in [3.8, 4) is 17.2 Å². The second-order valence-electron chi connectivity index (χ2n) is 9.16. The number of amides is 1. The summed E-state index contributed by atoms with van der Waals surface area (Å²) in [5, 5.41) is 2.49. The molecule has 1 N–H and O–H groups in total. The van der Waals surface area contributed by atoms with E-state index in [1.165, 1.54) is 19.4 Å². The summed E-state index contributed by atoms with van der Waals surface area (Å²) >= 11 is 0. The van der Waals surface area contributed by atoms with Crippen molar-refractivity contribution in [3.05, 3.63) is 48.3 Å². The van der Waals surface area contributed by atoms with E-state index in [2.05, 4.69) is 10.3 Å². The smallest absolute Gasteiger partial charge is 0.325 e. The van der Waals surface area contributed by atoms with Crippen LogP contribution in [0.15, 0.2) is 42.6 Å². The Hall–Kier alpha value is -3.86. The fourth-order valence-corrected chi connectivity index (χ4v) is 3.60. The van der Waals surface area contributed by atoms with E-state index >= 15 is 0 Å². The lowest BCUT2D eigenvalue weighted by Gasteiger charge is -2.31. The molecule has 0 fully saturated rings. The first-order valence-electron chi connectivity index (χ1n) is 13.3. The first-order valence-corrected chi connectivity index (χ1v) is 13.3. The Morgan fingerprint density at radius 3 is 2.38 bits per heavy atom. The topological polar surface area (TPSA) is 132 Å². The van der Waals surface area contributed by atoms with E-state index in [1.807, 2.05) is 44.2 Å². The van der Waals surface area contributed by atoms with E-state index in [9.17, 15) is 14.4 Å². The summed E-state index contributed by atoms with van der Waals surface area (Å²) in [7, 11) is 1.39. The van der Waals surface area contributed by atoms with Gasteiger partial charge in [0.25, 0.3) is 5.91 Å². The van der Waals surface area contributed by atoms with Crippen LogP contribution < -0.4 is 19.5 Å². The molecule has 0 spiro atoms. The molecule has 1 aromatic heterocycles. The van der Waals surface area contributed by atoms with Crippen LogP contribution in [-0.2, 0) is 23.8 Å². The molecule has 0 unspecified atom stereocenters. The Morgan fingerprint density at radius 2 is 1.75 bits per heavy atom. The number of carbonyl (C=O) groups excluding carboxylic acids is 3. The fraction of sp³-hybridized carbons (Fsp3) is 0.517. The summed E-state index contributed by atoms with van der Waals surface area (Å²) in [4.78, 5) is 41.4. The number of hydrogen-bond acceptors (Lipinski definition) is 10. The van der Waals surface area contributed by atoms with Gasteiger partial charge < -0.3 is 33.7 Å². The number of benzene rings is 1. The van der Waals surface area contributed by atoms with Crippen LogP contribution >= 0.6 is 0 Å². The van der Waals surface area contributed by atoms with Crippen LogP contribution in [0.4, 0.5) is 0 Å². The molecule has 0 saturated carbocycles. The first-order chi connectivity index (χ1) is 19.2. The summed E-state index contributed by atoms with van der Waals surface area (Å²) in [6.07, 6.45) is 1.26. The number of para-hydroxylation sites is 1. The molecule has 0 aliphatic heterocycles. The maximum Gasteiger partial charge on any atom is 0.325 e. The number of pyridine rings is 1. The molecule has 2 aromatic rings. The summed E-state index contributed by atoms with van der Waals surface area (Å²) in [5.74, 6) is -1.40. The minimum atomic E-state index is -0.705. The van der Waals surface area contributed by atoms with Crippen LogP contribution in [-0.4, -0.2) is 68.2 Å². The van der Waals surface area contributed by atoms with Gasteiger partial charge in [-0.15, -0.1) is 0 Å². The molecular weight excluding hydrogens is 520 g/mol. The Kier molecular flexibility index (Phi) is 13.7. The monoisotopic (exact) mass is 560 g/mol. The number of esters is 2. The largest absolute Gasteiger partial charge is 0.493 e. The number of rotatable bonds is 17. The number of methoxy groups -OCH3 is 1. The zero-order valence-electron chi connectivity index (χ0n) is 24.0. The van der Waals surface area contributed by atoms with Gasteiger partial charge in [-0.3, -0.25) is 14.4 Å². The van der Waals surface area contributed by atoms with Crippen molar-refractivity contribution in [2.45, 2.75) is 65.8 Å². The minimum absolute atomic E-state index is 0.0315. The zero-order chi connectivity index (χ0) is 29.5. The number of ether oxygens (including phenoxy) is 6. The predicted molar refractivity (Wildman–Crippen MR) is 146 cm³/mol. The lowest BCUT2D eigenvalue weighted by atomic mass is 10.1. The molecule has 40 heavy (non-hydrogen) atoms. The number of hydrogen-bond donors (Lipinski definition) is 1. The SMILES string of the molecule is CCCO[C@@H](CC)[C@@H](Oc1ccccc1)[C@H](C)OC(=O)CNC(=O)c1nccc(OC)c1OCOC(=O)C(C)C. The van der Waals surface area contributed by atoms with E-state index in [4.69, 9.17) is 28.4 Å². The maximum absolute atomic E-state index is 12.9. The van der Waals surface area contributed by atoms with Gasteiger partial charge in [-0.25, -0.2) is 4.98 Å². The van der Waals surface area contributed by atoms with Crippen LogP contribution in [0.1, 0.15) is 57.9 Å². The Bertz CT molecular complexity index is 1080. The molecule has 11 nitrogen and oxygen atoms in total. The van der Waals surface area contributed by atoms with E-state index in [1.54, 1.807) is 20.8 Å². The molecule has 0 aliphatic rings. The summed E-state index contributed by atoms with van der Waals surface area (Å²) in [5.41, 5.74) is -0.148. The zero-order valence-corrected chi connectivity index (χ0v) is 24.0. The van der Waals surface area contributed by atoms with Crippen LogP contribution in [0.25, 0.3) is 0 Å². The molecule has 0 radical (unpaired) electrons. The van der Waals surface area contributed by atoms with Gasteiger partial charge in [0.2, 0.25) is 6.79 Å². The van der Waals surface area contributed by atoms with E-state index < -0.39 is 43.4 Å². The number of nitrogens with one attached hydrogen (secondary N) is 1. The highest BCUT2D eigenvalue weighted by atomic mass is 16.7. The predicted octanol–water partition coefficient (Wildman–Crippen LogP) is 3.94. The van der Waals surface area contributed by atoms with Gasteiger partial charge in [0, 0.05) is 18.9 Å². The Morgan fingerprint density at radius 1 is 1.02 bits per heavy atom. The highest BCUT2D eigenvalue weighted by Crippen LogP contribution is 2.29. The maximum atomic E-state index is 12.9. The summed E-state index contributed by atoms with van der Waals surface area (Å²) in [6, 6.07) is 10.7. The van der Waals surface area contributed by atoms with Gasteiger partial charge in [-0.05, 0) is 31.9 Å². The van der Waals surface area contributed by atoms with Crippen molar-refractivity contribution < 1.29 is 42.8 Å². The lowest BCUT2D eigenvalue weighted by molar-refractivity contribution is -0.157. The van der Waals surface area contributed by atoms with Gasteiger partial charge in [-0.1, -0.05) is 45.9 Å². The molecule has 3 atom stereocenters. The Labute approximate surface area is 235 Å². The third kappa shape index (κ3) is 10.0. The van der Waals surface area contributed by atoms with Crippen molar-refractivity contribution in [2.75, 3.05) is 27.1 Å². The molecule has 11 heteroatoms. The third-order valence-corrected chi connectivity index (χ3v) is 5.67. The second-order valence-corrected chi connectivity index (χ2v) is 9.16. The quantitative estimate of drug-likeness (QED) is 0.224. The van der Waals surface area contributed by atoms with Gasteiger partial charge in [0.1, 0.15) is 18.4 Å². The molecule has 1 heterocycles. The number of nitrogens with zero attached hydrogens (tertiary/aromatic N) is 1. The average molecular weight is 561 g/mol. The molecule has 1 amide bonds. The van der Waals surface area contributed by atoms with E-state index in [-0.39, 0.29) is 29.2 Å². The Balaban J connectivity index is 2.06.